The molecule has 1 N–H and O–H groups in total. The van der Waals surface area contributed by atoms with E-state index in [-0.39, 0.29) is 18.4 Å². The molecule has 6 nitrogen and oxygen atoms in total. The maximum Gasteiger partial charge on any atom is 0.273 e. The van der Waals surface area contributed by atoms with Gasteiger partial charge in [0.05, 0.1) is 11.4 Å². The summed E-state index contributed by atoms with van der Waals surface area (Å²) in [5.74, 6) is -0.391. The van der Waals surface area contributed by atoms with Gasteiger partial charge in [-0.2, -0.15) is 5.10 Å². The average Bonchev–Trinajstić information content (AvgIpc) is 3.52. The number of hydrogen-bond acceptors (Lipinski definition) is 4. The Labute approximate surface area is 209 Å². The minimum absolute atomic E-state index is 0.194. The van der Waals surface area contributed by atoms with Crippen LogP contribution in [0.15, 0.2) is 72.1 Å². The van der Waals surface area contributed by atoms with Crippen LogP contribution >= 0.6 is 11.3 Å². The highest BCUT2D eigenvalue weighted by atomic mass is 32.1. The normalized spacial score (nSPS) is 17.3. The molecule has 0 radical (unpaired) electrons. The quantitative estimate of drug-likeness (QED) is 0.421. The van der Waals surface area contributed by atoms with Crippen LogP contribution in [0.5, 0.6) is 0 Å². The number of thiophene rings is 1. The minimum Gasteiger partial charge on any atom is -0.350 e. The van der Waals surface area contributed by atoms with E-state index in [0.29, 0.717) is 18.8 Å². The number of nitrogens with one attached hydrogen (secondary N) is 1. The van der Waals surface area contributed by atoms with Crippen LogP contribution in [0.4, 0.5) is 0 Å². The molecule has 0 fully saturated rings. The molecule has 3 heterocycles. The van der Waals surface area contributed by atoms with Crippen LogP contribution in [0.2, 0.25) is 0 Å². The van der Waals surface area contributed by atoms with Gasteiger partial charge in [0.15, 0.2) is 0 Å². The molecule has 0 aliphatic carbocycles. The summed E-state index contributed by atoms with van der Waals surface area (Å²) in [6.45, 7) is 6.92. The third-order valence-corrected chi connectivity index (χ3v) is 7.49. The first-order chi connectivity index (χ1) is 16.8. The van der Waals surface area contributed by atoms with Crippen molar-refractivity contribution < 1.29 is 9.59 Å². The van der Waals surface area contributed by atoms with Crippen LogP contribution in [-0.2, 0) is 24.4 Å². The van der Waals surface area contributed by atoms with Crippen molar-refractivity contribution >= 4 is 23.2 Å². The zero-order chi connectivity index (χ0) is 24.6. The van der Waals surface area contributed by atoms with E-state index in [4.69, 9.17) is 5.10 Å². The topological polar surface area (TPSA) is 67.2 Å². The Morgan fingerprint density at radius 3 is 2.31 bits per heavy atom. The number of carbonyl (C=O) groups is 2. The van der Waals surface area contributed by atoms with Crippen molar-refractivity contribution in [2.45, 2.75) is 45.9 Å². The van der Waals surface area contributed by atoms with E-state index in [9.17, 15) is 9.59 Å². The van der Waals surface area contributed by atoms with Gasteiger partial charge in [-0.05, 0) is 49.4 Å². The number of hydrogen-bond donors (Lipinski definition) is 1. The number of aryl methyl sites for hydroxylation is 2. The van der Waals surface area contributed by atoms with Crippen molar-refractivity contribution in [3.05, 3.63) is 100 Å². The van der Waals surface area contributed by atoms with Crippen LogP contribution < -0.4 is 5.32 Å². The van der Waals surface area contributed by atoms with Crippen molar-refractivity contribution in [1.29, 1.82) is 0 Å². The monoisotopic (exact) mass is 484 g/mol. The van der Waals surface area contributed by atoms with E-state index in [0.717, 1.165) is 27.3 Å². The summed E-state index contributed by atoms with van der Waals surface area (Å²) in [5.41, 5.74) is 4.47. The van der Waals surface area contributed by atoms with Gasteiger partial charge in [0.1, 0.15) is 16.9 Å². The summed E-state index contributed by atoms with van der Waals surface area (Å²) in [6, 6.07) is 21.9. The van der Waals surface area contributed by atoms with E-state index in [1.807, 2.05) is 92.9 Å². The molecule has 7 heteroatoms. The SMILES string of the molecule is Cc1ccc(CNC(=O)C2(C)Cn3nc(-c4cccs4)cc3C(=O)N2Cc2ccc(C)cc2)cc1. The van der Waals surface area contributed by atoms with Crippen molar-refractivity contribution in [3.8, 4) is 10.6 Å². The summed E-state index contributed by atoms with van der Waals surface area (Å²) in [5, 5.41) is 9.76. The predicted octanol–water partition coefficient (Wildman–Crippen LogP) is 4.96. The predicted molar refractivity (Wildman–Crippen MR) is 138 cm³/mol. The first-order valence-electron chi connectivity index (χ1n) is 11.7. The molecular weight excluding hydrogens is 456 g/mol. The Bertz CT molecular complexity index is 1360. The molecule has 2 amide bonds. The lowest BCUT2D eigenvalue weighted by Gasteiger charge is -2.43. The molecule has 1 aliphatic rings. The second-order valence-corrected chi connectivity index (χ2v) is 10.3. The minimum atomic E-state index is -1.10. The number of benzene rings is 2. The van der Waals surface area contributed by atoms with Crippen molar-refractivity contribution in [1.82, 2.24) is 20.0 Å². The van der Waals surface area contributed by atoms with E-state index in [1.165, 1.54) is 5.56 Å². The van der Waals surface area contributed by atoms with E-state index < -0.39 is 5.54 Å². The van der Waals surface area contributed by atoms with Crippen molar-refractivity contribution in [3.63, 3.8) is 0 Å². The zero-order valence-electron chi connectivity index (χ0n) is 20.1. The van der Waals surface area contributed by atoms with Crippen LogP contribution in [-0.4, -0.2) is 32.0 Å². The Morgan fingerprint density at radius 2 is 1.69 bits per heavy atom. The first-order valence-corrected chi connectivity index (χ1v) is 12.5. The number of fused-ring (bicyclic) bond motifs is 1. The third-order valence-electron chi connectivity index (χ3n) is 6.60. The van der Waals surface area contributed by atoms with Gasteiger partial charge in [0.2, 0.25) is 5.91 Å². The maximum absolute atomic E-state index is 13.8. The second-order valence-electron chi connectivity index (χ2n) is 9.37. The van der Waals surface area contributed by atoms with Gasteiger partial charge < -0.3 is 10.2 Å². The maximum atomic E-state index is 13.8. The van der Waals surface area contributed by atoms with Crippen molar-refractivity contribution in [2.75, 3.05) is 0 Å². The molecule has 35 heavy (non-hydrogen) atoms. The summed E-state index contributed by atoms with van der Waals surface area (Å²) < 4.78 is 1.69. The van der Waals surface area contributed by atoms with E-state index in [1.54, 1.807) is 20.9 Å². The molecule has 1 unspecified atom stereocenters. The molecule has 4 aromatic rings. The van der Waals surface area contributed by atoms with Gasteiger partial charge in [-0.3, -0.25) is 14.3 Å². The molecule has 2 aromatic heterocycles. The summed E-state index contributed by atoms with van der Waals surface area (Å²) in [7, 11) is 0. The lowest BCUT2D eigenvalue weighted by molar-refractivity contribution is -0.133. The molecule has 1 atom stereocenters. The fraction of sp³-hybridized carbons (Fsp3) is 0.250. The van der Waals surface area contributed by atoms with Gasteiger partial charge in [-0.1, -0.05) is 65.7 Å². The van der Waals surface area contributed by atoms with Crippen LogP contribution in [0.3, 0.4) is 0 Å². The van der Waals surface area contributed by atoms with Crippen LogP contribution in [0.1, 0.15) is 39.7 Å². The summed E-state index contributed by atoms with van der Waals surface area (Å²) >= 11 is 1.58. The summed E-state index contributed by atoms with van der Waals surface area (Å²) in [6.07, 6.45) is 0. The Morgan fingerprint density at radius 1 is 1.03 bits per heavy atom. The number of aromatic nitrogens is 2. The fourth-order valence-electron chi connectivity index (χ4n) is 4.39. The number of amides is 2. The van der Waals surface area contributed by atoms with Gasteiger partial charge in [-0.15, -0.1) is 11.3 Å². The molecule has 0 spiro atoms. The Hall–Kier alpha value is -3.71. The molecule has 178 valence electrons. The lowest BCUT2D eigenvalue weighted by atomic mass is 9.94. The van der Waals surface area contributed by atoms with Crippen molar-refractivity contribution in [2.24, 2.45) is 0 Å². The highest BCUT2D eigenvalue weighted by Crippen LogP contribution is 2.32. The molecule has 1 aliphatic heterocycles. The third kappa shape index (κ3) is 4.51. The molecule has 2 aromatic carbocycles. The Balaban J connectivity index is 1.47. The van der Waals surface area contributed by atoms with Crippen LogP contribution in [0.25, 0.3) is 10.6 Å². The fourth-order valence-corrected chi connectivity index (χ4v) is 5.07. The zero-order valence-corrected chi connectivity index (χ0v) is 20.9. The standard InChI is InChI=1S/C28H28N4O2S/c1-19-6-10-21(11-7-19)16-29-27(34)28(3)18-32-24(15-23(30-32)25-5-4-14-35-25)26(33)31(28)17-22-12-8-20(2)9-13-22/h4-15H,16-18H2,1-3H3,(H,29,34). The highest BCUT2D eigenvalue weighted by molar-refractivity contribution is 7.13. The van der Waals surface area contributed by atoms with Gasteiger partial charge in [0, 0.05) is 13.1 Å². The highest BCUT2D eigenvalue weighted by Gasteiger charge is 2.48. The molecule has 0 saturated heterocycles. The number of nitrogens with zero attached hydrogens (tertiary/aromatic N) is 3. The lowest BCUT2D eigenvalue weighted by Crippen LogP contribution is -2.63. The molecule has 5 rings (SSSR count). The van der Waals surface area contributed by atoms with Gasteiger partial charge in [0.25, 0.3) is 5.91 Å². The smallest absolute Gasteiger partial charge is 0.273 e. The number of rotatable bonds is 6. The van der Waals surface area contributed by atoms with Gasteiger partial charge in [-0.25, -0.2) is 0 Å². The molecule has 0 saturated carbocycles. The number of carbonyl (C=O) groups excluding carboxylic acids is 2. The van der Waals surface area contributed by atoms with Gasteiger partial charge >= 0.3 is 0 Å². The van der Waals surface area contributed by atoms with E-state index in [2.05, 4.69) is 5.32 Å². The second kappa shape index (κ2) is 9.15. The largest absolute Gasteiger partial charge is 0.350 e. The van der Waals surface area contributed by atoms with Crippen LogP contribution in [0, 0.1) is 13.8 Å². The average molecular weight is 485 g/mol. The molecule has 0 bridgehead atoms. The van der Waals surface area contributed by atoms with E-state index >= 15 is 0 Å². The Kier molecular flexibility index (Phi) is 6.03. The first kappa shape index (κ1) is 23.1. The summed E-state index contributed by atoms with van der Waals surface area (Å²) in [4.78, 5) is 30.1. The molecular formula is C28H28N4O2S.